The second-order valence-corrected chi connectivity index (χ2v) is 7.38. The van der Waals surface area contributed by atoms with Crippen LogP contribution < -0.4 is 21.1 Å². The number of anilines is 2. The molecule has 2 saturated heterocycles. The highest BCUT2D eigenvalue weighted by atomic mass is 16.5. The Morgan fingerprint density at radius 1 is 0.889 bits per heavy atom. The molecule has 6 heteroatoms. The quantitative estimate of drug-likeness (QED) is 0.782. The van der Waals surface area contributed by atoms with Crippen molar-refractivity contribution >= 4 is 11.4 Å². The molecule has 2 fully saturated rings. The number of morpholine rings is 1. The van der Waals surface area contributed by atoms with Crippen molar-refractivity contribution in [1.29, 1.82) is 0 Å². The van der Waals surface area contributed by atoms with Crippen LogP contribution in [-0.2, 0) is 4.74 Å². The first kappa shape index (κ1) is 18.2. The molecule has 0 atom stereocenters. The van der Waals surface area contributed by atoms with Crippen LogP contribution in [-0.4, -0.2) is 57.4 Å². The Hall–Kier alpha value is -2.18. The molecule has 0 saturated carbocycles. The molecule has 0 bridgehead atoms. The van der Waals surface area contributed by atoms with Crippen molar-refractivity contribution in [2.24, 2.45) is 0 Å². The predicted molar refractivity (Wildman–Crippen MR) is 109 cm³/mol. The summed E-state index contributed by atoms with van der Waals surface area (Å²) in [6, 6.07) is 7.93. The number of hydrogen-bond acceptors (Lipinski definition) is 6. The highest BCUT2D eigenvalue weighted by Crippen LogP contribution is 2.26. The number of hydrogen-bond donors (Lipinski definition) is 1. The smallest absolute Gasteiger partial charge is 0.250 e. The second kappa shape index (κ2) is 8.23. The molecule has 144 valence electrons. The van der Waals surface area contributed by atoms with Crippen molar-refractivity contribution in [3.05, 3.63) is 44.7 Å². The van der Waals surface area contributed by atoms with Crippen LogP contribution in [0.4, 0.5) is 11.4 Å². The maximum Gasteiger partial charge on any atom is 0.250 e. The standard InChI is InChI=1S/C21H27N3O3/c25-20-18(16-4-6-17(7-5-16)24-12-14-27-15-13-24)19(21(20)26)22-8-11-23-9-2-1-3-10-23/h4-7,22H,1-3,8-15H2. The Bertz CT molecular complexity index is 827. The number of rotatable bonds is 6. The van der Waals surface area contributed by atoms with Gasteiger partial charge in [0.1, 0.15) is 0 Å². The predicted octanol–water partition coefficient (Wildman–Crippen LogP) is 1.68. The van der Waals surface area contributed by atoms with Gasteiger partial charge in [0, 0.05) is 31.9 Å². The van der Waals surface area contributed by atoms with Gasteiger partial charge in [-0.3, -0.25) is 9.59 Å². The van der Waals surface area contributed by atoms with Crippen LogP contribution in [0.15, 0.2) is 33.9 Å². The van der Waals surface area contributed by atoms with E-state index in [1.165, 1.54) is 19.3 Å². The van der Waals surface area contributed by atoms with Gasteiger partial charge >= 0.3 is 0 Å². The molecule has 2 aromatic carbocycles. The molecular formula is C21H27N3O3. The Kier molecular flexibility index (Phi) is 5.55. The van der Waals surface area contributed by atoms with Crippen LogP contribution in [0.2, 0.25) is 0 Å². The summed E-state index contributed by atoms with van der Waals surface area (Å²) in [6.07, 6.45) is 3.81. The minimum Gasteiger partial charge on any atom is -0.380 e. The fraction of sp³-hybridized carbons (Fsp3) is 0.524. The highest BCUT2D eigenvalue weighted by molar-refractivity contribution is 5.82. The molecule has 0 unspecified atom stereocenters. The SMILES string of the molecule is O=c1c(NCCN2CCCCC2)c(-c2ccc(N3CCOCC3)cc2)c1=O. The summed E-state index contributed by atoms with van der Waals surface area (Å²) in [6.45, 7) is 7.10. The van der Waals surface area contributed by atoms with Gasteiger partial charge < -0.3 is 19.9 Å². The minimum atomic E-state index is -0.388. The molecule has 2 aliphatic rings. The van der Waals surface area contributed by atoms with E-state index in [0.29, 0.717) is 17.8 Å². The van der Waals surface area contributed by atoms with Gasteiger partial charge in [-0.15, -0.1) is 0 Å². The lowest BCUT2D eigenvalue weighted by molar-refractivity contribution is 0.122. The molecule has 0 amide bonds. The third-order valence-electron chi connectivity index (χ3n) is 5.62. The van der Waals surface area contributed by atoms with Crippen LogP contribution in [0.1, 0.15) is 19.3 Å². The Morgan fingerprint density at radius 3 is 2.30 bits per heavy atom. The Morgan fingerprint density at radius 2 is 1.59 bits per heavy atom. The van der Waals surface area contributed by atoms with Gasteiger partial charge in [-0.05, 0) is 43.6 Å². The van der Waals surface area contributed by atoms with Crippen molar-refractivity contribution in [1.82, 2.24) is 4.90 Å². The first-order chi connectivity index (χ1) is 13.2. The zero-order chi connectivity index (χ0) is 18.6. The number of nitrogens with one attached hydrogen (secondary N) is 1. The van der Waals surface area contributed by atoms with E-state index in [1.54, 1.807) is 0 Å². The van der Waals surface area contributed by atoms with Crippen LogP contribution in [0.25, 0.3) is 11.1 Å². The number of benzene rings is 1. The lowest BCUT2D eigenvalue weighted by Crippen LogP contribution is -2.39. The van der Waals surface area contributed by atoms with Crippen LogP contribution >= 0.6 is 0 Å². The van der Waals surface area contributed by atoms with E-state index >= 15 is 0 Å². The fourth-order valence-corrected chi connectivity index (χ4v) is 4.02. The zero-order valence-corrected chi connectivity index (χ0v) is 15.7. The van der Waals surface area contributed by atoms with Crippen LogP contribution in [0, 0.1) is 0 Å². The van der Waals surface area contributed by atoms with Gasteiger partial charge in [-0.1, -0.05) is 18.6 Å². The van der Waals surface area contributed by atoms with E-state index < -0.39 is 0 Å². The summed E-state index contributed by atoms with van der Waals surface area (Å²) in [4.78, 5) is 28.9. The van der Waals surface area contributed by atoms with E-state index in [4.69, 9.17) is 4.74 Å². The van der Waals surface area contributed by atoms with Gasteiger partial charge in [0.15, 0.2) is 0 Å². The Labute approximate surface area is 159 Å². The van der Waals surface area contributed by atoms with Gasteiger partial charge in [0.05, 0.1) is 24.5 Å². The molecule has 0 radical (unpaired) electrons. The molecule has 0 aromatic heterocycles. The molecular weight excluding hydrogens is 342 g/mol. The average Bonchev–Trinajstić information content (AvgIpc) is 2.74. The van der Waals surface area contributed by atoms with Gasteiger partial charge in [0.25, 0.3) is 0 Å². The molecule has 1 N–H and O–H groups in total. The molecule has 0 aliphatic carbocycles. The molecule has 2 aromatic rings. The molecule has 6 nitrogen and oxygen atoms in total. The van der Waals surface area contributed by atoms with Crippen LogP contribution in [0.3, 0.4) is 0 Å². The van der Waals surface area contributed by atoms with Gasteiger partial charge in [-0.2, -0.15) is 0 Å². The molecule has 2 aliphatic heterocycles. The van der Waals surface area contributed by atoms with Crippen LogP contribution in [0.5, 0.6) is 0 Å². The van der Waals surface area contributed by atoms with Crippen molar-refractivity contribution < 1.29 is 4.74 Å². The van der Waals surface area contributed by atoms with Crippen molar-refractivity contribution in [2.75, 3.05) is 62.7 Å². The maximum absolute atomic E-state index is 12.1. The third kappa shape index (κ3) is 3.92. The fourth-order valence-electron chi connectivity index (χ4n) is 4.02. The summed E-state index contributed by atoms with van der Waals surface area (Å²) in [5.74, 6) is 0. The molecule has 27 heavy (non-hydrogen) atoms. The highest BCUT2D eigenvalue weighted by Gasteiger charge is 2.22. The summed E-state index contributed by atoms with van der Waals surface area (Å²) >= 11 is 0. The number of nitrogens with zero attached hydrogens (tertiary/aromatic N) is 2. The molecule has 2 heterocycles. The van der Waals surface area contributed by atoms with Gasteiger partial charge in [-0.25, -0.2) is 0 Å². The summed E-state index contributed by atoms with van der Waals surface area (Å²) in [5.41, 5.74) is 2.19. The minimum absolute atomic E-state index is 0.380. The summed E-state index contributed by atoms with van der Waals surface area (Å²) < 4.78 is 5.39. The van der Waals surface area contributed by atoms with E-state index in [2.05, 4.69) is 15.1 Å². The van der Waals surface area contributed by atoms with Gasteiger partial charge in [0.2, 0.25) is 10.9 Å². The van der Waals surface area contributed by atoms with Crippen molar-refractivity contribution in [3.8, 4) is 11.1 Å². The maximum atomic E-state index is 12.1. The number of ether oxygens (including phenoxy) is 1. The number of likely N-dealkylation sites (tertiary alicyclic amines) is 1. The molecule has 0 spiro atoms. The second-order valence-electron chi connectivity index (χ2n) is 7.38. The monoisotopic (exact) mass is 369 g/mol. The summed E-state index contributed by atoms with van der Waals surface area (Å²) in [5, 5.41) is 3.21. The Balaban J connectivity index is 1.42. The van der Waals surface area contributed by atoms with E-state index in [9.17, 15) is 9.59 Å². The van der Waals surface area contributed by atoms with E-state index in [1.807, 2.05) is 24.3 Å². The lowest BCUT2D eigenvalue weighted by atomic mass is 9.98. The largest absolute Gasteiger partial charge is 0.380 e. The average molecular weight is 369 g/mol. The van der Waals surface area contributed by atoms with E-state index in [0.717, 1.165) is 57.2 Å². The summed E-state index contributed by atoms with van der Waals surface area (Å²) in [7, 11) is 0. The number of piperidine rings is 1. The first-order valence-electron chi connectivity index (χ1n) is 9.97. The zero-order valence-electron chi connectivity index (χ0n) is 15.7. The van der Waals surface area contributed by atoms with Crippen molar-refractivity contribution in [3.63, 3.8) is 0 Å². The third-order valence-corrected chi connectivity index (χ3v) is 5.62. The lowest BCUT2D eigenvalue weighted by Gasteiger charge is -2.29. The van der Waals surface area contributed by atoms with E-state index in [-0.39, 0.29) is 10.9 Å². The first-order valence-corrected chi connectivity index (χ1v) is 9.97. The molecule has 4 rings (SSSR count). The van der Waals surface area contributed by atoms with Crippen molar-refractivity contribution in [2.45, 2.75) is 19.3 Å². The normalized spacial score (nSPS) is 18.7. The topological polar surface area (TPSA) is 61.9 Å².